The Balaban J connectivity index is 0.00000121. The zero-order valence-electron chi connectivity index (χ0n) is 14.9. The Morgan fingerprint density at radius 2 is 1.88 bits per heavy atom. The van der Waals surface area contributed by atoms with Crippen LogP contribution in [0.15, 0.2) is 24.3 Å². The van der Waals surface area contributed by atoms with Gasteiger partial charge in [0.15, 0.2) is 0 Å². The molecule has 2 aliphatic rings. The van der Waals surface area contributed by atoms with E-state index in [0.29, 0.717) is 24.4 Å². The summed E-state index contributed by atoms with van der Waals surface area (Å²) < 4.78 is 0. The van der Waals surface area contributed by atoms with E-state index < -0.39 is 0 Å². The minimum Gasteiger partial charge on any atom is -0.356 e. The molecule has 1 aromatic heterocycles. The lowest BCUT2D eigenvalue weighted by Gasteiger charge is -2.28. The van der Waals surface area contributed by atoms with E-state index in [0.717, 1.165) is 36.2 Å². The van der Waals surface area contributed by atoms with Gasteiger partial charge in [-0.25, -0.2) is 4.98 Å². The highest BCUT2D eigenvalue weighted by molar-refractivity contribution is 5.85. The Bertz CT molecular complexity index is 675. The second kappa shape index (κ2) is 9.58. The molecule has 4 rings (SSSR count). The third kappa shape index (κ3) is 5.12. The summed E-state index contributed by atoms with van der Waals surface area (Å²) in [5.74, 6) is 1.78. The predicted molar refractivity (Wildman–Crippen MR) is 109 cm³/mol. The van der Waals surface area contributed by atoms with Gasteiger partial charge < -0.3 is 15.6 Å². The number of hydrogen-bond donors (Lipinski definition) is 3. The van der Waals surface area contributed by atoms with Crippen molar-refractivity contribution in [3.05, 3.63) is 30.1 Å². The number of imidazole rings is 1. The summed E-state index contributed by atoms with van der Waals surface area (Å²) in [6.07, 6.45) is 7.40. The first-order valence-electron chi connectivity index (χ1n) is 9.22. The van der Waals surface area contributed by atoms with E-state index >= 15 is 0 Å². The Morgan fingerprint density at radius 3 is 2.62 bits per heavy atom. The van der Waals surface area contributed by atoms with E-state index in [-0.39, 0.29) is 30.7 Å². The number of fused-ring (bicyclic) bond motifs is 3. The van der Waals surface area contributed by atoms with Gasteiger partial charge in [0.2, 0.25) is 5.91 Å². The van der Waals surface area contributed by atoms with Gasteiger partial charge in [-0.2, -0.15) is 0 Å². The molecule has 2 aromatic rings. The third-order valence-corrected chi connectivity index (χ3v) is 5.40. The van der Waals surface area contributed by atoms with E-state index in [4.69, 9.17) is 0 Å². The molecule has 1 aromatic carbocycles. The lowest BCUT2D eigenvalue weighted by Crippen LogP contribution is -2.39. The number of nitrogens with zero attached hydrogens (tertiary/aromatic N) is 1. The van der Waals surface area contributed by atoms with Crippen LogP contribution in [-0.4, -0.2) is 34.5 Å². The van der Waals surface area contributed by atoms with E-state index in [1.807, 2.05) is 24.3 Å². The van der Waals surface area contributed by atoms with Crippen molar-refractivity contribution < 1.29 is 4.79 Å². The molecule has 2 aliphatic heterocycles. The first-order valence-corrected chi connectivity index (χ1v) is 9.22. The predicted octanol–water partition coefficient (Wildman–Crippen LogP) is 3.38. The van der Waals surface area contributed by atoms with Gasteiger partial charge in [-0.05, 0) is 50.2 Å². The van der Waals surface area contributed by atoms with Gasteiger partial charge in [0.25, 0.3) is 0 Å². The maximum atomic E-state index is 12.1. The number of amides is 1. The van der Waals surface area contributed by atoms with Gasteiger partial charge in [0, 0.05) is 31.5 Å². The van der Waals surface area contributed by atoms with Crippen LogP contribution in [0.2, 0.25) is 0 Å². The number of aryl methyl sites for hydroxylation is 1. The molecule has 2 fully saturated rings. The highest BCUT2D eigenvalue weighted by Gasteiger charge is 2.33. The van der Waals surface area contributed by atoms with Crippen molar-refractivity contribution >= 4 is 41.8 Å². The van der Waals surface area contributed by atoms with Gasteiger partial charge >= 0.3 is 0 Å². The first kappa shape index (κ1) is 21.0. The number of benzene rings is 1. The van der Waals surface area contributed by atoms with Crippen molar-refractivity contribution in [2.45, 2.75) is 57.0 Å². The number of aromatic amines is 1. The highest BCUT2D eigenvalue weighted by Crippen LogP contribution is 2.32. The Morgan fingerprint density at radius 1 is 1.15 bits per heavy atom. The molecule has 7 heteroatoms. The van der Waals surface area contributed by atoms with Crippen LogP contribution in [0.25, 0.3) is 11.0 Å². The van der Waals surface area contributed by atoms with Crippen molar-refractivity contribution in [2.75, 3.05) is 6.54 Å². The second-order valence-electron chi connectivity index (χ2n) is 7.33. The molecule has 5 nitrogen and oxygen atoms in total. The number of carbonyl (C=O) groups is 1. The highest BCUT2D eigenvalue weighted by atomic mass is 35.5. The molecule has 144 valence electrons. The smallest absolute Gasteiger partial charge is 0.220 e. The largest absolute Gasteiger partial charge is 0.356 e. The number of halogens is 2. The van der Waals surface area contributed by atoms with Gasteiger partial charge in [0.05, 0.1) is 11.0 Å². The number of H-pyrrole nitrogens is 1. The molecule has 2 bridgehead atoms. The standard InChI is InChI=1S/C19H26N4O.2ClH/c24-19(12-13-10-14-7-8-15(11-13)21-14)20-9-3-6-18-22-16-4-1-2-5-17(16)23-18;;/h1-2,4-5,13-15,21H,3,6-12H2,(H,20,24)(H,22,23);2*1H. The van der Waals surface area contributed by atoms with Crippen LogP contribution < -0.4 is 10.6 Å². The maximum Gasteiger partial charge on any atom is 0.220 e. The van der Waals surface area contributed by atoms with Crippen molar-refractivity contribution in [3.8, 4) is 0 Å². The number of piperidine rings is 1. The molecule has 0 aliphatic carbocycles. The van der Waals surface area contributed by atoms with Crippen LogP contribution in [0.5, 0.6) is 0 Å². The minimum atomic E-state index is 0. The fourth-order valence-electron chi connectivity index (χ4n) is 4.28. The minimum absolute atomic E-state index is 0. The van der Waals surface area contributed by atoms with Crippen LogP contribution in [0.3, 0.4) is 0 Å². The summed E-state index contributed by atoms with van der Waals surface area (Å²) >= 11 is 0. The molecule has 2 atom stereocenters. The van der Waals surface area contributed by atoms with E-state index in [9.17, 15) is 4.79 Å². The number of rotatable bonds is 6. The fourth-order valence-corrected chi connectivity index (χ4v) is 4.28. The molecular formula is C19H28Cl2N4O. The quantitative estimate of drug-likeness (QED) is 0.653. The van der Waals surface area contributed by atoms with E-state index in [1.54, 1.807) is 0 Å². The van der Waals surface area contributed by atoms with Crippen LogP contribution in [0.1, 0.15) is 44.3 Å². The van der Waals surface area contributed by atoms with Crippen molar-refractivity contribution in [1.29, 1.82) is 0 Å². The van der Waals surface area contributed by atoms with Gasteiger partial charge in [0.1, 0.15) is 5.82 Å². The number of carbonyl (C=O) groups excluding carboxylic acids is 1. The Kier molecular flexibility index (Phi) is 7.74. The zero-order chi connectivity index (χ0) is 16.4. The number of para-hydroxylation sites is 2. The molecule has 0 radical (unpaired) electrons. The summed E-state index contributed by atoms with van der Waals surface area (Å²) in [6, 6.07) is 9.39. The molecular weight excluding hydrogens is 371 g/mol. The SMILES string of the molecule is Cl.Cl.O=C(CC1CC2CCC(C1)N2)NCCCc1nc2ccccc2[nH]1. The molecule has 0 saturated carbocycles. The topological polar surface area (TPSA) is 69.8 Å². The molecule has 3 heterocycles. The van der Waals surface area contributed by atoms with Crippen LogP contribution in [-0.2, 0) is 11.2 Å². The first-order chi connectivity index (χ1) is 11.8. The number of hydrogen-bond acceptors (Lipinski definition) is 3. The fraction of sp³-hybridized carbons (Fsp3) is 0.579. The molecule has 1 amide bonds. The average Bonchev–Trinajstić information content (AvgIpc) is 3.14. The van der Waals surface area contributed by atoms with E-state index in [1.165, 1.54) is 25.7 Å². The molecule has 2 saturated heterocycles. The summed E-state index contributed by atoms with van der Waals surface area (Å²) in [7, 11) is 0. The molecule has 3 N–H and O–H groups in total. The summed E-state index contributed by atoms with van der Waals surface area (Å²) in [5.41, 5.74) is 2.09. The number of aromatic nitrogens is 2. The van der Waals surface area contributed by atoms with Crippen molar-refractivity contribution in [1.82, 2.24) is 20.6 Å². The normalized spacial score (nSPS) is 23.9. The summed E-state index contributed by atoms with van der Waals surface area (Å²) in [6.45, 7) is 0.730. The van der Waals surface area contributed by atoms with E-state index in [2.05, 4.69) is 20.6 Å². The zero-order valence-corrected chi connectivity index (χ0v) is 16.5. The Hall–Kier alpha value is -1.30. The molecule has 0 spiro atoms. The molecule has 2 unspecified atom stereocenters. The van der Waals surface area contributed by atoms with Crippen molar-refractivity contribution in [2.24, 2.45) is 5.92 Å². The molecule has 26 heavy (non-hydrogen) atoms. The average molecular weight is 399 g/mol. The Labute approximate surface area is 166 Å². The lowest BCUT2D eigenvalue weighted by molar-refractivity contribution is -0.122. The van der Waals surface area contributed by atoms with Gasteiger partial charge in [-0.1, -0.05) is 12.1 Å². The van der Waals surface area contributed by atoms with Gasteiger partial charge in [-0.15, -0.1) is 24.8 Å². The van der Waals surface area contributed by atoms with Crippen molar-refractivity contribution in [3.63, 3.8) is 0 Å². The lowest BCUT2D eigenvalue weighted by atomic mass is 9.89. The van der Waals surface area contributed by atoms with Crippen LogP contribution in [0.4, 0.5) is 0 Å². The summed E-state index contributed by atoms with van der Waals surface area (Å²) in [5, 5.41) is 6.72. The van der Waals surface area contributed by atoms with Crippen LogP contribution in [0, 0.1) is 5.92 Å². The number of nitrogens with one attached hydrogen (secondary N) is 3. The maximum absolute atomic E-state index is 12.1. The summed E-state index contributed by atoms with van der Waals surface area (Å²) in [4.78, 5) is 20.0. The second-order valence-corrected chi connectivity index (χ2v) is 7.33. The third-order valence-electron chi connectivity index (χ3n) is 5.40. The monoisotopic (exact) mass is 398 g/mol. The van der Waals surface area contributed by atoms with Crippen LogP contribution >= 0.6 is 24.8 Å². The van der Waals surface area contributed by atoms with Gasteiger partial charge in [-0.3, -0.25) is 4.79 Å².